The smallest absolute Gasteiger partial charge is 0.360 e. The van der Waals surface area contributed by atoms with Gasteiger partial charge in [-0.1, -0.05) is 5.92 Å². The average molecular weight is 136 g/mol. The standard InChI is InChI=1S/C5H6F2O2/c1-2-3-9-4-5(6,7)8/h1,8H,3-4H2. The van der Waals surface area contributed by atoms with Gasteiger partial charge in [0.15, 0.2) is 0 Å². The van der Waals surface area contributed by atoms with Crippen molar-refractivity contribution in [1.82, 2.24) is 0 Å². The van der Waals surface area contributed by atoms with Crippen LogP contribution in [-0.4, -0.2) is 24.4 Å². The zero-order chi connectivity index (χ0) is 7.33. The molecule has 0 aromatic carbocycles. The number of rotatable bonds is 3. The van der Waals surface area contributed by atoms with E-state index in [4.69, 9.17) is 5.11 Å². The summed E-state index contributed by atoms with van der Waals surface area (Å²) in [6, 6.07) is 0. The van der Waals surface area contributed by atoms with Crippen LogP contribution >= 0.6 is 0 Å². The van der Waals surface area contributed by atoms with E-state index in [0.717, 1.165) is 0 Å². The van der Waals surface area contributed by atoms with Crippen LogP contribution in [0.5, 0.6) is 0 Å². The van der Waals surface area contributed by atoms with Gasteiger partial charge in [0, 0.05) is 0 Å². The van der Waals surface area contributed by atoms with Crippen LogP contribution < -0.4 is 0 Å². The number of halogens is 2. The van der Waals surface area contributed by atoms with E-state index in [2.05, 4.69) is 11.2 Å². The van der Waals surface area contributed by atoms with E-state index in [1.54, 1.807) is 0 Å². The van der Waals surface area contributed by atoms with Crippen molar-refractivity contribution in [3.8, 4) is 12.3 Å². The summed E-state index contributed by atoms with van der Waals surface area (Å²) in [4.78, 5) is 0. The molecule has 0 fully saturated rings. The molecule has 0 spiro atoms. The molecule has 0 aliphatic heterocycles. The average Bonchev–Trinajstić information content (AvgIpc) is 1.63. The fourth-order valence-electron chi connectivity index (χ4n) is 0.233. The van der Waals surface area contributed by atoms with Crippen molar-refractivity contribution in [2.45, 2.75) is 6.11 Å². The van der Waals surface area contributed by atoms with Gasteiger partial charge in [-0.3, -0.25) is 0 Å². The van der Waals surface area contributed by atoms with Crippen molar-refractivity contribution in [2.24, 2.45) is 0 Å². The topological polar surface area (TPSA) is 29.5 Å². The minimum atomic E-state index is -3.77. The number of ether oxygens (including phenoxy) is 1. The van der Waals surface area contributed by atoms with E-state index in [-0.39, 0.29) is 6.61 Å². The molecule has 2 nitrogen and oxygen atoms in total. The second-order valence-electron chi connectivity index (χ2n) is 1.36. The molecule has 0 aliphatic rings. The van der Waals surface area contributed by atoms with Gasteiger partial charge in [0.25, 0.3) is 0 Å². The summed E-state index contributed by atoms with van der Waals surface area (Å²) in [7, 11) is 0. The van der Waals surface area contributed by atoms with Gasteiger partial charge in [-0.2, -0.15) is 8.78 Å². The van der Waals surface area contributed by atoms with E-state index in [1.165, 1.54) is 0 Å². The number of hydrogen-bond donors (Lipinski definition) is 1. The largest absolute Gasteiger partial charge is 0.376 e. The molecule has 0 aromatic heterocycles. The molecule has 0 rings (SSSR count). The Balaban J connectivity index is 3.20. The normalized spacial score (nSPS) is 10.9. The summed E-state index contributed by atoms with van der Waals surface area (Å²) < 4.78 is 26.9. The van der Waals surface area contributed by atoms with Gasteiger partial charge in [0.2, 0.25) is 0 Å². The molecule has 0 aliphatic carbocycles. The first-order valence-electron chi connectivity index (χ1n) is 2.17. The monoisotopic (exact) mass is 136 g/mol. The van der Waals surface area contributed by atoms with Gasteiger partial charge in [0.05, 0.1) is 0 Å². The predicted octanol–water partition coefficient (Wildman–Crippen LogP) is 0.221. The molecule has 0 bridgehead atoms. The predicted molar refractivity (Wildman–Crippen MR) is 26.8 cm³/mol. The molecule has 9 heavy (non-hydrogen) atoms. The maximum Gasteiger partial charge on any atom is 0.376 e. The molecular weight excluding hydrogens is 130 g/mol. The molecule has 52 valence electrons. The number of aliphatic hydroxyl groups is 1. The van der Waals surface area contributed by atoms with Crippen LogP contribution in [0.4, 0.5) is 8.78 Å². The Morgan fingerprint density at radius 2 is 2.22 bits per heavy atom. The van der Waals surface area contributed by atoms with Crippen molar-refractivity contribution in [3.63, 3.8) is 0 Å². The Kier molecular flexibility index (Phi) is 3.13. The minimum absolute atomic E-state index is 0.212. The Morgan fingerprint density at radius 1 is 1.67 bits per heavy atom. The first kappa shape index (κ1) is 8.34. The van der Waals surface area contributed by atoms with E-state index < -0.39 is 12.7 Å². The van der Waals surface area contributed by atoms with Crippen LogP contribution in [0.25, 0.3) is 0 Å². The zero-order valence-electron chi connectivity index (χ0n) is 4.60. The lowest BCUT2D eigenvalue weighted by atomic mass is 10.6. The second-order valence-corrected chi connectivity index (χ2v) is 1.36. The third-order valence-corrected chi connectivity index (χ3v) is 0.461. The number of hydrogen-bond acceptors (Lipinski definition) is 2. The molecule has 0 aromatic rings. The van der Waals surface area contributed by atoms with Gasteiger partial charge >= 0.3 is 6.11 Å². The fourth-order valence-corrected chi connectivity index (χ4v) is 0.233. The van der Waals surface area contributed by atoms with Crippen LogP contribution in [0, 0.1) is 12.3 Å². The maximum atomic E-state index is 11.4. The highest BCUT2D eigenvalue weighted by atomic mass is 19.3. The lowest BCUT2D eigenvalue weighted by Crippen LogP contribution is -2.22. The quantitative estimate of drug-likeness (QED) is 0.444. The summed E-state index contributed by atoms with van der Waals surface area (Å²) in [5, 5.41) is 7.72. The Bertz CT molecular complexity index is 111. The molecule has 1 N–H and O–H groups in total. The first-order chi connectivity index (χ1) is 4.06. The highest BCUT2D eigenvalue weighted by Gasteiger charge is 2.23. The molecule has 0 radical (unpaired) electrons. The third kappa shape index (κ3) is 7.34. The molecular formula is C5H6F2O2. The molecule has 0 atom stereocenters. The highest BCUT2D eigenvalue weighted by Crippen LogP contribution is 2.06. The van der Waals surface area contributed by atoms with Crippen molar-refractivity contribution >= 4 is 0 Å². The van der Waals surface area contributed by atoms with Crippen LogP contribution in [0.3, 0.4) is 0 Å². The molecule has 4 heteroatoms. The summed E-state index contributed by atoms with van der Waals surface area (Å²) in [6.07, 6.45) is 0.889. The molecule has 0 saturated heterocycles. The van der Waals surface area contributed by atoms with E-state index in [1.807, 2.05) is 5.92 Å². The van der Waals surface area contributed by atoms with Crippen molar-refractivity contribution in [2.75, 3.05) is 13.2 Å². The van der Waals surface area contributed by atoms with E-state index in [0.29, 0.717) is 0 Å². The highest BCUT2D eigenvalue weighted by molar-refractivity contribution is 4.82. The fraction of sp³-hybridized carbons (Fsp3) is 0.600. The van der Waals surface area contributed by atoms with E-state index >= 15 is 0 Å². The lowest BCUT2D eigenvalue weighted by molar-refractivity contribution is -0.229. The summed E-state index contributed by atoms with van der Waals surface area (Å²) in [6.45, 7) is -1.26. The summed E-state index contributed by atoms with van der Waals surface area (Å²) >= 11 is 0. The molecule has 0 unspecified atom stereocenters. The Hall–Kier alpha value is -0.660. The van der Waals surface area contributed by atoms with Crippen molar-refractivity contribution in [1.29, 1.82) is 0 Å². The van der Waals surface area contributed by atoms with Gasteiger partial charge in [-0.25, -0.2) is 0 Å². The Labute approximate surface area is 51.4 Å². The van der Waals surface area contributed by atoms with Gasteiger partial charge in [-0.05, 0) is 0 Å². The zero-order valence-corrected chi connectivity index (χ0v) is 4.60. The first-order valence-corrected chi connectivity index (χ1v) is 2.17. The third-order valence-electron chi connectivity index (χ3n) is 0.461. The molecule has 0 amide bonds. The SMILES string of the molecule is C#CCOCC(O)(F)F. The summed E-state index contributed by atoms with van der Waals surface area (Å²) in [5.41, 5.74) is 0. The Morgan fingerprint density at radius 3 is 2.56 bits per heavy atom. The van der Waals surface area contributed by atoms with E-state index in [9.17, 15) is 8.78 Å². The van der Waals surface area contributed by atoms with Gasteiger partial charge in [-0.15, -0.1) is 6.42 Å². The van der Waals surface area contributed by atoms with Gasteiger partial charge in [0.1, 0.15) is 13.2 Å². The minimum Gasteiger partial charge on any atom is -0.360 e. The second kappa shape index (κ2) is 3.38. The van der Waals surface area contributed by atoms with Crippen LogP contribution in [0.1, 0.15) is 0 Å². The molecule has 0 heterocycles. The molecule has 0 saturated carbocycles. The van der Waals surface area contributed by atoms with Gasteiger partial charge < -0.3 is 9.84 Å². The van der Waals surface area contributed by atoms with Crippen molar-refractivity contribution in [3.05, 3.63) is 0 Å². The van der Waals surface area contributed by atoms with Crippen LogP contribution in [0.2, 0.25) is 0 Å². The van der Waals surface area contributed by atoms with Crippen molar-refractivity contribution < 1.29 is 18.6 Å². The summed E-state index contributed by atoms with van der Waals surface area (Å²) in [5.74, 6) is 1.97. The maximum absolute atomic E-state index is 11.4. The van der Waals surface area contributed by atoms with Crippen LogP contribution in [-0.2, 0) is 4.74 Å². The number of alkyl halides is 2. The van der Waals surface area contributed by atoms with Crippen LogP contribution in [0.15, 0.2) is 0 Å². The number of terminal acetylenes is 1. The lowest BCUT2D eigenvalue weighted by Gasteiger charge is -2.06.